The Morgan fingerprint density at radius 2 is 1.96 bits per heavy atom. The van der Waals surface area contributed by atoms with E-state index in [2.05, 4.69) is 6.07 Å². The third-order valence-corrected chi connectivity index (χ3v) is 4.45. The summed E-state index contributed by atoms with van der Waals surface area (Å²) in [4.78, 5) is 13.3. The van der Waals surface area contributed by atoms with Gasteiger partial charge in [0.1, 0.15) is 12.7 Å². The van der Waals surface area contributed by atoms with E-state index in [1.165, 1.54) is 0 Å². The van der Waals surface area contributed by atoms with Crippen molar-refractivity contribution < 1.29 is 14.3 Å². The number of amides is 1. The van der Waals surface area contributed by atoms with Crippen LogP contribution < -0.4 is 9.47 Å². The number of hydrogen-bond donors (Lipinski definition) is 0. The normalized spacial score (nSPS) is 10.5. The molecule has 0 aliphatic carbocycles. The van der Waals surface area contributed by atoms with Crippen molar-refractivity contribution in [2.45, 2.75) is 13.3 Å². The molecule has 3 rings (SSSR count). The molecule has 2 aromatic heterocycles. The van der Waals surface area contributed by atoms with Crippen molar-refractivity contribution in [3.05, 3.63) is 59.4 Å². The van der Waals surface area contributed by atoms with E-state index in [4.69, 9.17) is 26.3 Å². The highest BCUT2D eigenvalue weighted by molar-refractivity contribution is 6.30. The number of benzene rings is 1. The molecular formula is C21H20ClN3O3. The number of fused-ring (bicyclic) bond motifs is 1. The monoisotopic (exact) mass is 397 g/mol. The quantitative estimate of drug-likeness (QED) is 0.588. The summed E-state index contributed by atoms with van der Waals surface area (Å²) in [5.41, 5.74) is 1.24. The first-order chi connectivity index (χ1) is 13.5. The highest BCUT2D eigenvalue weighted by atomic mass is 35.5. The van der Waals surface area contributed by atoms with E-state index in [-0.39, 0.29) is 5.91 Å². The molecule has 3 aromatic rings. The maximum absolute atomic E-state index is 11.7. The van der Waals surface area contributed by atoms with Crippen LogP contribution >= 0.6 is 11.6 Å². The molecule has 1 amide bonds. The molecular weight excluding hydrogens is 378 g/mol. The van der Waals surface area contributed by atoms with E-state index in [9.17, 15) is 4.79 Å². The molecule has 28 heavy (non-hydrogen) atoms. The zero-order valence-corrected chi connectivity index (χ0v) is 16.4. The van der Waals surface area contributed by atoms with Gasteiger partial charge < -0.3 is 18.8 Å². The molecule has 0 bridgehead atoms. The fourth-order valence-corrected chi connectivity index (χ4v) is 2.96. The second-order valence-corrected chi connectivity index (χ2v) is 6.66. The highest BCUT2D eigenvalue weighted by Gasteiger charge is 2.12. The number of halogens is 1. The van der Waals surface area contributed by atoms with Crippen LogP contribution in [0.25, 0.3) is 5.52 Å². The highest BCUT2D eigenvalue weighted by Crippen LogP contribution is 2.35. The van der Waals surface area contributed by atoms with Gasteiger partial charge in [-0.05, 0) is 18.2 Å². The minimum absolute atomic E-state index is 0.0657. The number of ether oxygens (including phenoxy) is 2. The van der Waals surface area contributed by atoms with Crippen molar-refractivity contribution in [2.75, 3.05) is 20.2 Å². The molecule has 6 nitrogen and oxygen atoms in total. The summed E-state index contributed by atoms with van der Waals surface area (Å²) in [5, 5.41) is 9.63. The van der Waals surface area contributed by atoms with Crippen molar-refractivity contribution >= 4 is 23.0 Å². The molecule has 0 atom stereocenters. The van der Waals surface area contributed by atoms with Crippen LogP contribution in [0.3, 0.4) is 0 Å². The molecule has 2 heterocycles. The summed E-state index contributed by atoms with van der Waals surface area (Å²) >= 11 is 6.19. The number of carbonyl (C=O) groups excluding carboxylic acids is 1. The Bertz CT molecular complexity index is 1040. The van der Waals surface area contributed by atoms with Gasteiger partial charge in [-0.15, -0.1) is 0 Å². The topological polar surface area (TPSA) is 67.0 Å². The zero-order chi connectivity index (χ0) is 20.1. The molecule has 0 aliphatic rings. The van der Waals surface area contributed by atoms with Gasteiger partial charge in [-0.2, -0.15) is 5.26 Å². The van der Waals surface area contributed by atoms with Crippen LogP contribution in [0.5, 0.6) is 17.2 Å². The Kier molecular flexibility index (Phi) is 6.07. The van der Waals surface area contributed by atoms with Gasteiger partial charge in [0.25, 0.3) is 0 Å². The van der Waals surface area contributed by atoms with Crippen molar-refractivity contribution in [2.24, 2.45) is 0 Å². The van der Waals surface area contributed by atoms with E-state index in [1.54, 1.807) is 53.0 Å². The molecule has 0 saturated carbocycles. The molecule has 0 fully saturated rings. The molecule has 1 aromatic carbocycles. The van der Waals surface area contributed by atoms with E-state index in [0.29, 0.717) is 47.4 Å². The van der Waals surface area contributed by atoms with Gasteiger partial charge in [0, 0.05) is 31.9 Å². The van der Waals surface area contributed by atoms with E-state index >= 15 is 0 Å². The van der Waals surface area contributed by atoms with Gasteiger partial charge in [-0.3, -0.25) is 4.79 Å². The third-order valence-electron chi connectivity index (χ3n) is 4.24. The third kappa shape index (κ3) is 4.38. The van der Waals surface area contributed by atoms with Crippen LogP contribution in [0.1, 0.15) is 18.9 Å². The molecule has 0 saturated heterocycles. The first kappa shape index (κ1) is 19.6. The number of rotatable bonds is 7. The second kappa shape index (κ2) is 8.68. The number of carbonyl (C=O) groups is 1. The predicted molar refractivity (Wildman–Crippen MR) is 107 cm³/mol. The molecule has 7 heteroatoms. The smallest absolute Gasteiger partial charge is 0.222 e. The van der Waals surface area contributed by atoms with Crippen molar-refractivity contribution in [3.63, 3.8) is 0 Å². The van der Waals surface area contributed by atoms with Crippen LogP contribution in [-0.2, 0) is 4.79 Å². The Morgan fingerprint density at radius 3 is 2.68 bits per heavy atom. The van der Waals surface area contributed by atoms with Gasteiger partial charge in [0.05, 0.1) is 22.6 Å². The summed E-state index contributed by atoms with van der Waals surface area (Å²) < 4.78 is 13.7. The van der Waals surface area contributed by atoms with E-state index < -0.39 is 0 Å². The van der Waals surface area contributed by atoms with Crippen LogP contribution in [0.4, 0.5) is 0 Å². The van der Waals surface area contributed by atoms with Crippen LogP contribution in [0.15, 0.2) is 48.8 Å². The minimum Gasteiger partial charge on any atom is -0.488 e. The number of nitriles is 1. The van der Waals surface area contributed by atoms with Crippen molar-refractivity contribution in [1.29, 1.82) is 5.26 Å². The maximum atomic E-state index is 11.7. The molecule has 0 spiro atoms. The fraction of sp³-hybridized carbons (Fsp3) is 0.238. The SMILES string of the molecule is CCC(=O)N(C)CCOc1ccccc1Oc1cc(Cl)cn2cc(C#N)cc12. The first-order valence-electron chi connectivity index (χ1n) is 8.86. The maximum Gasteiger partial charge on any atom is 0.222 e. The summed E-state index contributed by atoms with van der Waals surface area (Å²) in [6.45, 7) is 2.65. The van der Waals surface area contributed by atoms with Gasteiger partial charge in [-0.1, -0.05) is 30.7 Å². The lowest BCUT2D eigenvalue weighted by Crippen LogP contribution is -2.30. The minimum atomic E-state index is 0.0657. The fourth-order valence-electron chi connectivity index (χ4n) is 2.76. The van der Waals surface area contributed by atoms with Gasteiger partial charge in [0.15, 0.2) is 17.2 Å². The van der Waals surface area contributed by atoms with Crippen LogP contribution in [-0.4, -0.2) is 35.4 Å². The number of para-hydroxylation sites is 2. The molecule has 0 radical (unpaired) electrons. The van der Waals surface area contributed by atoms with Crippen LogP contribution in [0, 0.1) is 11.3 Å². The summed E-state index contributed by atoms with van der Waals surface area (Å²) in [7, 11) is 1.75. The Balaban J connectivity index is 1.80. The molecule has 0 aliphatic heterocycles. The predicted octanol–water partition coefficient (Wildman–Crippen LogP) is 4.50. The lowest BCUT2D eigenvalue weighted by molar-refractivity contribution is -0.129. The van der Waals surface area contributed by atoms with Crippen molar-refractivity contribution in [1.82, 2.24) is 9.30 Å². The number of likely N-dealkylation sites (N-methyl/N-ethyl adjacent to an activating group) is 1. The van der Waals surface area contributed by atoms with Crippen LogP contribution in [0.2, 0.25) is 5.02 Å². The first-order valence-corrected chi connectivity index (χ1v) is 9.24. The second-order valence-electron chi connectivity index (χ2n) is 6.22. The van der Waals surface area contributed by atoms with E-state index in [1.807, 2.05) is 19.1 Å². The summed E-state index contributed by atoms with van der Waals surface area (Å²) in [6.07, 6.45) is 3.87. The Hall–Kier alpha value is -3.17. The number of pyridine rings is 1. The largest absolute Gasteiger partial charge is 0.488 e. The summed E-state index contributed by atoms with van der Waals surface area (Å²) in [6, 6.07) is 12.8. The van der Waals surface area contributed by atoms with Gasteiger partial charge in [-0.25, -0.2) is 0 Å². The van der Waals surface area contributed by atoms with Gasteiger partial charge >= 0.3 is 0 Å². The summed E-state index contributed by atoms with van der Waals surface area (Å²) in [5.74, 6) is 1.67. The number of nitrogens with zero attached hydrogens (tertiary/aromatic N) is 3. The molecule has 0 N–H and O–H groups in total. The van der Waals surface area contributed by atoms with E-state index in [0.717, 1.165) is 5.52 Å². The zero-order valence-electron chi connectivity index (χ0n) is 15.7. The number of aromatic nitrogens is 1. The lowest BCUT2D eigenvalue weighted by Gasteiger charge is -2.18. The Labute approximate surface area is 168 Å². The van der Waals surface area contributed by atoms with Gasteiger partial charge in [0.2, 0.25) is 5.91 Å². The lowest BCUT2D eigenvalue weighted by atomic mass is 10.3. The number of hydrogen-bond acceptors (Lipinski definition) is 4. The standard InChI is InChI=1S/C21H20ClN3O3/c1-3-21(26)24(2)8-9-27-18-6-4-5-7-19(18)28-20-11-16(22)14-25-13-15(12-23)10-17(20)25/h4-7,10-11,13-14H,3,8-9H2,1-2H3. The Morgan fingerprint density at radius 1 is 1.21 bits per heavy atom. The molecule has 0 unspecified atom stereocenters. The average molecular weight is 398 g/mol. The average Bonchev–Trinajstić information content (AvgIpc) is 3.11. The van der Waals surface area contributed by atoms with Crippen molar-refractivity contribution in [3.8, 4) is 23.3 Å². The molecule has 144 valence electrons.